The first-order chi connectivity index (χ1) is 11.8. The molecule has 3 aromatic carbocycles. The Hall–Kier alpha value is -0.357. The number of halogens is 2. The molecule has 0 aliphatic rings. The first kappa shape index (κ1) is 24.6. The Morgan fingerprint density at radius 1 is 1.00 bits per heavy atom. The molecule has 0 nitrogen and oxygen atoms in total. The van der Waals surface area contributed by atoms with Gasteiger partial charge in [-0.1, -0.05) is 39.2 Å². The van der Waals surface area contributed by atoms with Gasteiger partial charge < -0.3 is 6.42 Å². The normalized spacial score (nSPS) is 9.76. The minimum absolute atomic E-state index is 0.323. The Bertz CT molecular complexity index is 659. The van der Waals surface area contributed by atoms with E-state index in [-0.39, 0.29) is 0 Å². The van der Waals surface area contributed by atoms with Gasteiger partial charge in [0, 0.05) is 0 Å². The molecule has 138 valence electrons. The van der Waals surface area contributed by atoms with Gasteiger partial charge in [0.15, 0.2) is 0 Å². The predicted molar refractivity (Wildman–Crippen MR) is 112 cm³/mol. The third kappa shape index (κ3) is 10.4. The monoisotopic (exact) mass is 453 g/mol. The summed E-state index contributed by atoms with van der Waals surface area (Å²) in [5, 5.41) is 2.72. The Morgan fingerprint density at radius 2 is 1.56 bits per heavy atom. The molecule has 0 bridgehead atoms. The molecule has 0 heterocycles. The molecule has 0 unspecified atom stereocenters. The second-order valence-electron chi connectivity index (χ2n) is 6.68. The van der Waals surface area contributed by atoms with Gasteiger partial charge in [0.25, 0.3) is 0 Å². The van der Waals surface area contributed by atoms with Gasteiger partial charge in [-0.2, -0.15) is 49.2 Å². The topological polar surface area (TPSA) is 0 Å². The molecule has 0 radical (unpaired) electrons. The number of hydrogen-bond acceptors (Lipinski definition) is 0. The van der Waals surface area contributed by atoms with Crippen LogP contribution in [0.25, 0.3) is 10.8 Å². The standard InChI is InChI=1S/C10H9.C9H13.C3H7.2ClH.Zr/c1-8-6-7-9-4-2-3-5-10(8)9;1-9(2,3)8-6-4-5-7-8;1-3-2;;;/h2-7H,1H3;4-7H,1-3H3;3H,1-2H3;2*1H;/q3*-1;;;+2/p-2. The van der Waals surface area contributed by atoms with Crippen molar-refractivity contribution in [3.05, 3.63) is 78.2 Å². The van der Waals surface area contributed by atoms with Gasteiger partial charge in [0.2, 0.25) is 0 Å². The summed E-state index contributed by atoms with van der Waals surface area (Å²) in [6.07, 6.45) is 2.00. The van der Waals surface area contributed by atoms with E-state index in [1.165, 1.54) is 21.9 Å². The van der Waals surface area contributed by atoms with Crippen molar-refractivity contribution in [3.8, 4) is 0 Å². The van der Waals surface area contributed by atoms with Crippen LogP contribution in [0.4, 0.5) is 0 Å². The molecule has 0 saturated carbocycles. The average Bonchev–Trinajstić information content (AvgIpc) is 3.20. The summed E-state index contributed by atoms with van der Waals surface area (Å²) in [6, 6.07) is 21.3. The van der Waals surface area contributed by atoms with Gasteiger partial charge in [0.05, 0.1) is 0 Å². The van der Waals surface area contributed by atoms with Gasteiger partial charge in [-0.3, -0.25) is 0 Å². The van der Waals surface area contributed by atoms with Crippen molar-refractivity contribution in [2.45, 2.75) is 47.0 Å². The molecule has 0 aromatic heterocycles. The molecule has 0 aliphatic heterocycles. The third-order valence-corrected chi connectivity index (χ3v) is 3.43. The zero-order valence-electron chi connectivity index (χ0n) is 16.1. The van der Waals surface area contributed by atoms with Crippen LogP contribution in [-0.2, 0) is 26.3 Å². The van der Waals surface area contributed by atoms with Gasteiger partial charge in [-0.05, 0) is 0 Å². The van der Waals surface area contributed by atoms with Crippen molar-refractivity contribution in [2.24, 2.45) is 0 Å². The van der Waals surface area contributed by atoms with Gasteiger partial charge in [-0.25, -0.2) is 6.07 Å². The predicted octanol–water partition coefficient (Wildman–Crippen LogP) is 8.18. The fourth-order valence-corrected chi connectivity index (χ4v) is 2.18. The summed E-state index contributed by atoms with van der Waals surface area (Å²) >= 11 is -0.826. The second kappa shape index (κ2) is 13.8. The van der Waals surface area contributed by atoms with Gasteiger partial charge in [0.1, 0.15) is 0 Å². The molecule has 25 heavy (non-hydrogen) atoms. The van der Waals surface area contributed by atoms with E-state index >= 15 is 0 Å². The zero-order chi connectivity index (χ0) is 19.3. The molecule has 0 amide bonds. The third-order valence-electron chi connectivity index (χ3n) is 3.43. The molecule has 0 fully saturated rings. The van der Waals surface area contributed by atoms with Crippen LogP contribution in [-0.4, -0.2) is 0 Å². The van der Waals surface area contributed by atoms with E-state index in [4.69, 9.17) is 17.0 Å². The fourth-order valence-electron chi connectivity index (χ4n) is 2.18. The van der Waals surface area contributed by atoms with Gasteiger partial charge >= 0.3 is 37.9 Å². The molecule has 3 aromatic rings. The maximum absolute atomic E-state index is 4.93. The zero-order valence-corrected chi connectivity index (χ0v) is 20.1. The molecular weight excluding hydrogens is 426 g/mol. The van der Waals surface area contributed by atoms with Crippen LogP contribution in [0.3, 0.4) is 0 Å². The van der Waals surface area contributed by atoms with E-state index in [1.54, 1.807) is 0 Å². The summed E-state index contributed by atoms with van der Waals surface area (Å²) in [7, 11) is 9.87. The van der Waals surface area contributed by atoms with Crippen LogP contribution >= 0.6 is 17.0 Å². The summed E-state index contributed by atoms with van der Waals surface area (Å²) < 4.78 is 0. The molecule has 0 N–H and O–H groups in total. The Kier molecular flexibility index (Phi) is 13.6. The van der Waals surface area contributed by atoms with Crippen LogP contribution in [0.15, 0.2) is 60.7 Å². The van der Waals surface area contributed by atoms with Crippen LogP contribution in [0.5, 0.6) is 0 Å². The van der Waals surface area contributed by atoms with E-state index in [0.717, 1.165) is 0 Å². The van der Waals surface area contributed by atoms with Crippen LogP contribution in [0.1, 0.15) is 45.7 Å². The van der Waals surface area contributed by atoms with E-state index < -0.39 is 20.8 Å². The average molecular weight is 456 g/mol. The molecule has 3 rings (SSSR count). The molecular formula is C22H29Cl2Zr-3. The van der Waals surface area contributed by atoms with Crippen LogP contribution in [0.2, 0.25) is 0 Å². The number of benzene rings is 1. The summed E-state index contributed by atoms with van der Waals surface area (Å²) in [6.45, 7) is 12.8. The molecule has 0 saturated heterocycles. The summed E-state index contributed by atoms with van der Waals surface area (Å²) in [5.41, 5.74) is 3.11. The SMILES string of the molecule is CC(C)(C)c1cc[cH-]c1.C[CH-]C.Cc1c[cH-]c2ccccc12.[Cl][Zr][Cl]. The van der Waals surface area contributed by atoms with Crippen LogP contribution < -0.4 is 0 Å². The first-order valence-corrected chi connectivity index (χ1v) is 14.7. The van der Waals surface area contributed by atoms with E-state index in [1.807, 2.05) is 20.3 Å². The van der Waals surface area contributed by atoms with Gasteiger partial charge in [-0.15, -0.1) is 35.0 Å². The number of hydrogen-bond donors (Lipinski definition) is 0. The van der Waals surface area contributed by atoms with Crippen molar-refractivity contribution in [3.63, 3.8) is 0 Å². The number of rotatable bonds is 0. The van der Waals surface area contributed by atoms with Crippen molar-refractivity contribution in [2.75, 3.05) is 0 Å². The molecule has 3 heteroatoms. The summed E-state index contributed by atoms with van der Waals surface area (Å²) in [5.74, 6) is 0. The quantitative estimate of drug-likeness (QED) is 0.300. The number of fused-ring (bicyclic) bond motifs is 1. The Morgan fingerprint density at radius 3 is 1.96 bits per heavy atom. The van der Waals surface area contributed by atoms with E-state index in [2.05, 4.69) is 88.4 Å². The van der Waals surface area contributed by atoms with Crippen LogP contribution in [0, 0.1) is 13.3 Å². The Labute approximate surface area is 172 Å². The van der Waals surface area contributed by atoms with E-state index in [0.29, 0.717) is 5.41 Å². The van der Waals surface area contributed by atoms with Crippen molar-refractivity contribution >= 4 is 27.8 Å². The van der Waals surface area contributed by atoms with Crippen molar-refractivity contribution in [1.29, 1.82) is 0 Å². The second-order valence-corrected chi connectivity index (χ2v) is 10.4. The molecule has 0 aliphatic carbocycles. The minimum atomic E-state index is -0.826. The first-order valence-electron chi connectivity index (χ1n) is 8.35. The number of aryl methyl sites for hydroxylation is 1. The molecule has 0 atom stereocenters. The van der Waals surface area contributed by atoms with Crippen molar-refractivity contribution in [1.82, 2.24) is 0 Å². The summed E-state index contributed by atoms with van der Waals surface area (Å²) in [4.78, 5) is 0. The van der Waals surface area contributed by atoms with E-state index in [9.17, 15) is 0 Å². The van der Waals surface area contributed by atoms with Crippen molar-refractivity contribution < 1.29 is 20.8 Å². The molecule has 0 spiro atoms. The Balaban J connectivity index is 0.000000355. The fraction of sp³-hybridized carbons (Fsp3) is 0.318. The maximum atomic E-state index is 4.93.